The second-order valence-electron chi connectivity index (χ2n) is 7.60. The normalized spacial score (nSPS) is 12.2. The minimum atomic E-state index is -6.40. The Bertz CT molecular complexity index is 1220. The van der Waals surface area contributed by atoms with Gasteiger partial charge in [0.2, 0.25) is 0 Å². The quantitative estimate of drug-likeness (QED) is 0.154. The summed E-state index contributed by atoms with van der Waals surface area (Å²) in [5, 5.41) is 0. The summed E-state index contributed by atoms with van der Waals surface area (Å²) in [6, 6.07) is 15.9. The Morgan fingerprint density at radius 2 is 0.921 bits per heavy atom. The van der Waals surface area contributed by atoms with Gasteiger partial charge in [0.15, 0.2) is 0 Å². The van der Waals surface area contributed by atoms with E-state index in [0.717, 1.165) is 0 Å². The molecular weight excluding hydrogens is 1030 g/mol. The molecular formula is C25H22Br3I2O7Sb. The van der Waals surface area contributed by atoms with Gasteiger partial charge in [-0.3, -0.25) is 0 Å². The fourth-order valence-corrected chi connectivity index (χ4v) is 23.2. The molecule has 0 aliphatic heterocycles. The molecule has 0 spiro atoms. The Kier molecular flexibility index (Phi) is 11.5. The molecule has 0 aromatic heterocycles. The molecule has 0 aliphatic rings. The maximum absolute atomic E-state index is 13.5. The maximum atomic E-state index is 13.5. The zero-order valence-electron chi connectivity index (χ0n) is 20.3. The average Bonchev–Trinajstić information content (AvgIpc) is 2.92. The van der Waals surface area contributed by atoms with Crippen molar-refractivity contribution >= 4 is 134 Å². The van der Waals surface area contributed by atoms with E-state index in [1.165, 1.54) is 21.3 Å². The van der Waals surface area contributed by atoms with Crippen LogP contribution in [0.25, 0.3) is 0 Å². The topological polar surface area (TPSA) is 80.3 Å². The molecule has 204 valence electrons. The standard InChI is InChI=1S/3C7H6BrO.2C2H3IO2.Sb/c3*1-9-7-4-2-6(8)3-5-7;2*3-1-2(4)5;/h3*2-4H,1H3;2*1H2,(H,4,5);/q;;;;;+2/p-2. The second-order valence-corrected chi connectivity index (χ2v) is 22.5. The van der Waals surface area contributed by atoms with Crippen molar-refractivity contribution in [2.75, 3.05) is 30.2 Å². The van der Waals surface area contributed by atoms with Crippen molar-refractivity contribution in [1.29, 1.82) is 0 Å². The molecule has 0 atom stereocenters. The number of hydrogen-bond donors (Lipinski definition) is 0. The molecule has 0 bridgehead atoms. The third-order valence-corrected chi connectivity index (χ3v) is 21.9. The molecule has 3 aromatic rings. The summed E-state index contributed by atoms with van der Waals surface area (Å²) >= 11 is 8.16. The van der Waals surface area contributed by atoms with E-state index in [1.54, 1.807) is 54.6 Å². The van der Waals surface area contributed by atoms with Gasteiger partial charge in [-0.1, -0.05) is 0 Å². The summed E-state index contributed by atoms with van der Waals surface area (Å²) in [6.07, 6.45) is 0. The van der Waals surface area contributed by atoms with Crippen LogP contribution in [0.2, 0.25) is 0 Å². The molecule has 0 saturated carbocycles. The zero-order chi connectivity index (χ0) is 28.1. The first-order valence-corrected chi connectivity index (χ1v) is 22.1. The number of benzene rings is 3. The van der Waals surface area contributed by atoms with Crippen molar-refractivity contribution in [1.82, 2.24) is 0 Å². The predicted octanol–water partition coefficient (Wildman–Crippen LogP) is 5.37. The summed E-state index contributed by atoms with van der Waals surface area (Å²) in [4.78, 5) is 27.1. The summed E-state index contributed by atoms with van der Waals surface area (Å²) in [5.74, 6) is -0.0794. The summed E-state index contributed by atoms with van der Waals surface area (Å²) < 4.78 is 34.1. The van der Waals surface area contributed by atoms with Gasteiger partial charge in [0.1, 0.15) is 0 Å². The third-order valence-electron chi connectivity index (χ3n) is 5.51. The average molecular weight is 1050 g/mol. The van der Waals surface area contributed by atoms with Crippen LogP contribution >= 0.6 is 93.0 Å². The van der Waals surface area contributed by atoms with Gasteiger partial charge in [-0.2, -0.15) is 0 Å². The van der Waals surface area contributed by atoms with Crippen molar-refractivity contribution < 1.29 is 29.8 Å². The van der Waals surface area contributed by atoms with E-state index in [9.17, 15) is 9.59 Å². The molecule has 38 heavy (non-hydrogen) atoms. The van der Waals surface area contributed by atoms with Crippen LogP contribution in [-0.2, 0) is 15.6 Å². The Labute approximate surface area is 275 Å². The van der Waals surface area contributed by atoms with E-state index in [1.807, 2.05) is 45.2 Å². The van der Waals surface area contributed by atoms with Gasteiger partial charge in [0, 0.05) is 0 Å². The fraction of sp³-hybridized carbons (Fsp3) is 0.200. The van der Waals surface area contributed by atoms with Crippen molar-refractivity contribution in [2.24, 2.45) is 0 Å². The van der Waals surface area contributed by atoms with Crippen LogP contribution in [0.15, 0.2) is 68.0 Å². The predicted molar refractivity (Wildman–Crippen MR) is 177 cm³/mol. The van der Waals surface area contributed by atoms with Gasteiger partial charge in [0.25, 0.3) is 0 Å². The van der Waals surface area contributed by atoms with Crippen LogP contribution in [0.3, 0.4) is 0 Å². The molecule has 13 heteroatoms. The van der Waals surface area contributed by atoms with E-state index < -0.39 is 30.2 Å². The van der Waals surface area contributed by atoms with Crippen molar-refractivity contribution in [2.45, 2.75) is 0 Å². The molecule has 0 unspecified atom stereocenters. The number of ether oxygens (including phenoxy) is 3. The third kappa shape index (κ3) is 6.00. The number of halogens is 5. The fourth-order valence-electron chi connectivity index (χ4n) is 4.08. The van der Waals surface area contributed by atoms with Crippen molar-refractivity contribution in [3.63, 3.8) is 0 Å². The molecule has 0 radical (unpaired) electrons. The number of carbonyl (C=O) groups excluding carboxylic acids is 2. The summed E-state index contributed by atoms with van der Waals surface area (Å²) in [6.45, 7) is 0. The first-order chi connectivity index (χ1) is 18.1. The monoisotopic (exact) mass is 1050 g/mol. The molecule has 0 aliphatic carbocycles. The van der Waals surface area contributed by atoms with Gasteiger partial charge in [-0.15, -0.1) is 0 Å². The second kappa shape index (κ2) is 13.6. The Hall–Kier alpha value is -0.282. The first-order valence-electron chi connectivity index (χ1n) is 10.7. The molecule has 7 nitrogen and oxygen atoms in total. The molecule has 0 saturated heterocycles. The van der Waals surface area contributed by atoms with E-state index in [4.69, 9.17) is 20.2 Å². The minimum absolute atomic E-state index is 0.00960. The first kappa shape index (κ1) is 32.2. The van der Waals surface area contributed by atoms with E-state index in [-0.39, 0.29) is 8.86 Å². The number of hydrogen-bond acceptors (Lipinski definition) is 7. The van der Waals surface area contributed by atoms with Crippen LogP contribution in [0.1, 0.15) is 0 Å². The van der Waals surface area contributed by atoms with Gasteiger partial charge in [-0.05, 0) is 0 Å². The van der Waals surface area contributed by atoms with Crippen LogP contribution in [-0.4, -0.2) is 60.4 Å². The van der Waals surface area contributed by atoms with Crippen molar-refractivity contribution in [3.8, 4) is 17.2 Å². The molecule has 0 fully saturated rings. The van der Waals surface area contributed by atoms with Crippen molar-refractivity contribution in [3.05, 3.63) is 68.0 Å². The molecule has 3 rings (SSSR count). The molecule has 0 heterocycles. The van der Waals surface area contributed by atoms with Crippen LogP contribution in [0.4, 0.5) is 0 Å². The van der Waals surface area contributed by atoms with E-state index in [2.05, 4.69) is 47.8 Å². The number of methoxy groups -OCH3 is 3. The Morgan fingerprint density at radius 3 is 1.16 bits per heavy atom. The summed E-state index contributed by atoms with van der Waals surface area (Å²) in [7, 11) is 4.52. The number of rotatable bonds is 10. The molecule has 3 aromatic carbocycles. The Morgan fingerprint density at radius 1 is 0.632 bits per heavy atom. The zero-order valence-corrected chi connectivity index (χ0v) is 31.9. The van der Waals surface area contributed by atoms with E-state index >= 15 is 0 Å². The summed E-state index contributed by atoms with van der Waals surface area (Å²) in [5.41, 5.74) is 0. The van der Waals surface area contributed by atoms with Crippen LogP contribution in [0, 0.1) is 0 Å². The van der Waals surface area contributed by atoms with Gasteiger partial charge >= 0.3 is 279 Å². The van der Waals surface area contributed by atoms with Gasteiger partial charge < -0.3 is 0 Å². The number of carbonyl (C=O) groups is 2. The SMILES string of the molecule is COc1ccc(Br)c[c]1[Sb]([O]C(=O)CI)([O]C(=O)CI)([c]1cc(Br)ccc1OC)[c]1cc(Br)ccc1OC. The number of alkyl halides is 2. The Balaban J connectivity index is 2.86. The van der Waals surface area contributed by atoms with Gasteiger partial charge in [-0.25, -0.2) is 0 Å². The molecule has 0 N–H and O–H groups in total. The van der Waals surface area contributed by atoms with E-state index in [0.29, 0.717) is 41.2 Å². The van der Waals surface area contributed by atoms with Crippen LogP contribution in [0.5, 0.6) is 17.2 Å². The molecule has 0 amide bonds. The van der Waals surface area contributed by atoms with Crippen LogP contribution < -0.4 is 24.7 Å². The van der Waals surface area contributed by atoms with Gasteiger partial charge in [0.05, 0.1) is 0 Å².